The van der Waals surface area contributed by atoms with Crippen LogP contribution in [0.2, 0.25) is 0 Å². The molecule has 1 heterocycles. The number of nitrogens with one attached hydrogen (secondary N) is 1. The summed E-state index contributed by atoms with van der Waals surface area (Å²) in [6.45, 7) is 6.06. The molecule has 1 aliphatic heterocycles. The fourth-order valence-corrected chi connectivity index (χ4v) is 3.75. The van der Waals surface area contributed by atoms with Crippen LogP contribution in [0, 0.1) is 5.82 Å². The number of benzene rings is 3. The molecule has 3 aromatic rings. The van der Waals surface area contributed by atoms with E-state index in [1.165, 1.54) is 29.5 Å². The first-order valence-electron chi connectivity index (χ1n) is 10.8. The van der Waals surface area contributed by atoms with E-state index < -0.39 is 0 Å². The Morgan fingerprint density at radius 3 is 1.97 bits per heavy atom. The number of carbonyl (C=O) groups is 1. The molecule has 0 bridgehead atoms. The first-order valence-corrected chi connectivity index (χ1v) is 10.8. The van der Waals surface area contributed by atoms with Gasteiger partial charge >= 0.3 is 0 Å². The van der Waals surface area contributed by atoms with Gasteiger partial charge in [0.15, 0.2) is 0 Å². The van der Waals surface area contributed by atoms with Gasteiger partial charge in [-0.15, -0.1) is 0 Å². The van der Waals surface area contributed by atoms with Gasteiger partial charge in [-0.2, -0.15) is 5.10 Å². The van der Waals surface area contributed by atoms with Gasteiger partial charge in [0.05, 0.1) is 6.21 Å². The zero-order valence-electron chi connectivity index (χ0n) is 18.0. The first kappa shape index (κ1) is 21.9. The summed E-state index contributed by atoms with van der Waals surface area (Å²) in [6.07, 6.45) is 1.49. The minimum Gasteiger partial charge on any atom is -0.297 e. The van der Waals surface area contributed by atoms with Crippen LogP contribution >= 0.6 is 0 Å². The average Bonchev–Trinajstić information content (AvgIpc) is 2.83. The zero-order chi connectivity index (χ0) is 22.2. The van der Waals surface area contributed by atoms with Gasteiger partial charge in [-0.3, -0.25) is 14.6 Å². The van der Waals surface area contributed by atoms with Crippen LogP contribution in [-0.4, -0.2) is 48.1 Å². The van der Waals surface area contributed by atoms with Crippen molar-refractivity contribution in [2.24, 2.45) is 5.10 Å². The molecule has 0 aliphatic carbocycles. The summed E-state index contributed by atoms with van der Waals surface area (Å²) < 4.78 is 12.9. The van der Waals surface area contributed by atoms with Gasteiger partial charge in [0.2, 0.25) is 0 Å². The fraction of sp³-hybridized carbons (Fsp3) is 0.231. The summed E-state index contributed by atoms with van der Waals surface area (Å²) in [4.78, 5) is 17.2. The third kappa shape index (κ3) is 6.33. The van der Waals surface area contributed by atoms with Crippen molar-refractivity contribution in [3.63, 3.8) is 0 Å². The molecule has 164 valence electrons. The van der Waals surface area contributed by atoms with E-state index in [2.05, 4.69) is 50.7 Å². The maximum Gasteiger partial charge on any atom is 0.271 e. The quantitative estimate of drug-likeness (QED) is 0.457. The molecule has 1 N–H and O–H groups in total. The molecule has 3 aromatic carbocycles. The minimum atomic E-state index is -0.305. The fourth-order valence-electron chi connectivity index (χ4n) is 3.75. The first-order chi connectivity index (χ1) is 15.7. The van der Waals surface area contributed by atoms with Gasteiger partial charge in [-0.05, 0) is 41.0 Å². The summed E-state index contributed by atoms with van der Waals surface area (Å²) in [5.74, 6) is -0.579. The topological polar surface area (TPSA) is 47.9 Å². The summed E-state index contributed by atoms with van der Waals surface area (Å²) >= 11 is 0. The molecule has 6 heteroatoms. The highest BCUT2D eigenvalue weighted by atomic mass is 19.1. The van der Waals surface area contributed by atoms with Gasteiger partial charge in [0.1, 0.15) is 5.82 Å². The molecule has 0 aromatic heterocycles. The average molecular weight is 431 g/mol. The lowest BCUT2D eigenvalue weighted by atomic mass is 10.1. The molecule has 1 fully saturated rings. The van der Waals surface area contributed by atoms with Crippen molar-refractivity contribution in [1.82, 2.24) is 15.2 Å². The number of hydrazone groups is 1. The van der Waals surface area contributed by atoms with E-state index in [0.29, 0.717) is 11.1 Å². The predicted molar refractivity (Wildman–Crippen MR) is 125 cm³/mol. The Kier molecular flexibility index (Phi) is 7.38. The third-order valence-corrected chi connectivity index (χ3v) is 5.59. The Hall–Kier alpha value is -3.35. The van der Waals surface area contributed by atoms with E-state index in [9.17, 15) is 9.18 Å². The van der Waals surface area contributed by atoms with Crippen LogP contribution in [0.15, 0.2) is 84.0 Å². The molecule has 1 aliphatic rings. The van der Waals surface area contributed by atoms with Crippen molar-refractivity contribution in [3.05, 3.63) is 107 Å². The second-order valence-electron chi connectivity index (χ2n) is 7.99. The van der Waals surface area contributed by atoms with Crippen molar-refractivity contribution in [2.75, 3.05) is 26.2 Å². The van der Waals surface area contributed by atoms with Gasteiger partial charge in [0.25, 0.3) is 5.91 Å². The molecule has 5 nitrogen and oxygen atoms in total. The van der Waals surface area contributed by atoms with Gasteiger partial charge in [-0.1, -0.05) is 54.6 Å². The van der Waals surface area contributed by atoms with Crippen LogP contribution in [0.3, 0.4) is 0 Å². The van der Waals surface area contributed by atoms with E-state index >= 15 is 0 Å². The number of halogens is 1. The normalized spacial score (nSPS) is 15.2. The summed E-state index contributed by atoms with van der Waals surface area (Å²) in [7, 11) is 0. The Morgan fingerprint density at radius 1 is 0.812 bits per heavy atom. The van der Waals surface area contributed by atoms with E-state index in [4.69, 9.17) is 0 Å². The lowest BCUT2D eigenvalue weighted by molar-refractivity contribution is 0.0955. The highest BCUT2D eigenvalue weighted by Crippen LogP contribution is 2.12. The van der Waals surface area contributed by atoms with E-state index in [-0.39, 0.29) is 11.7 Å². The number of piperazine rings is 1. The molecule has 1 amide bonds. The molecule has 32 heavy (non-hydrogen) atoms. The van der Waals surface area contributed by atoms with Crippen molar-refractivity contribution >= 4 is 12.1 Å². The molecule has 0 atom stereocenters. The molecule has 0 unspecified atom stereocenters. The molecule has 0 saturated carbocycles. The van der Waals surface area contributed by atoms with E-state index in [1.807, 2.05) is 24.3 Å². The third-order valence-electron chi connectivity index (χ3n) is 5.59. The highest BCUT2D eigenvalue weighted by molar-refractivity contribution is 5.94. The lowest BCUT2D eigenvalue weighted by Gasteiger charge is -2.34. The molecule has 4 rings (SSSR count). The second kappa shape index (κ2) is 10.8. The van der Waals surface area contributed by atoms with Gasteiger partial charge < -0.3 is 0 Å². The van der Waals surface area contributed by atoms with Crippen LogP contribution in [0.4, 0.5) is 4.39 Å². The van der Waals surface area contributed by atoms with Crippen molar-refractivity contribution in [1.29, 1.82) is 0 Å². The lowest BCUT2D eigenvalue weighted by Crippen LogP contribution is -2.45. The number of carbonyl (C=O) groups excluding carboxylic acids is 1. The largest absolute Gasteiger partial charge is 0.297 e. The second-order valence-corrected chi connectivity index (χ2v) is 7.99. The Labute approximate surface area is 188 Å². The number of hydrogen-bond acceptors (Lipinski definition) is 4. The summed E-state index contributed by atoms with van der Waals surface area (Å²) in [5.41, 5.74) is 6.32. The van der Waals surface area contributed by atoms with Crippen LogP contribution in [-0.2, 0) is 13.1 Å². The standard InChI is InChI=1S/C26H27FN4O/c27-25-12-8-21(9-13-25)18-28-29-26(32)24-10-6-23(7-11-24)20-31-16-14-30(15-17-31)19-22-4-2-1-3-5-22/h1-13,18H,14-17,19-20H2,(H,29,32)/b28-18-. The number of nitrogens with zero attached hydrogens (tertiary/aromatic N) is 3. The Bertz CT molecular complexity index is 1030. The van der Waals surface area contributed by atoms with E-state index in [1.54, 1.807) is 12.1 Å². The van der Waals surface area contributed by atoms with Crippen molar-refractivity contribution in [3.8, 4) is 0 Å². The molecular weight excluding hydrogens is 403 g/mol. The molecular formula is C26H27FN4O. The van der Waals surface area contributed by atoms with Gasteiger partial charge in [-0.25, -0.2) is 9.82 Å². The Balaban J connectivity index is 1.22. The SMILES string of the molecule is O=C(N/N=C\c1ccc(F)cc1)c1ccc(CN2CCN(Cc3ccccc3)CC2)cc1. The predicted octanol–water partition coefficient (Wildman–Crippen LogP) is 3.91. The number of amides is 1. The highest BCUT2D eigenvalue weighted by Gasteiger charge is 2.17. The molecule has 0 radical (unpaired) electrons. The van der Waals surface area contributed by atoms with Crippen LogP contribution in [0.5, 0.6) is 0 Å². The monoisotopic (exact) mass is 430 g/mol. The van der Waals surface area contributed by atoms with E-state index in [0.717, 1.165) is 39.3 Å². The van der Waals surface area contributed by atoms with Crippen LogP contribution in [0.1, 0.15) is 27.0 Å². The zero-order valence-corrected chi connectivity index (χ0v) is 18.0. The summed E-state index contributed by atoms with van der Waals surface area (Å²) in [6, 6.07) is 24.1. The maximum atomic E-state index is 12.9. The number of rotatable bonds is 7. The van der Waals surface area contributed by atoms with Gasteiger partial charge in [0, 0.05) is 44.8 Å². The minimum absolute atomic E-state index is 0.274. The van der Waals surface area contributed by atoms with Crippen LogP contribution < -0.4 is 5.43 Å². The van der Waals surface area contributed by atoms with Crippen molar-refractivity contribution < 1.29 is 9.18 Å². The van der Waals surface area contributed by atoms with Crippen LogP contribution in [0.25, 0.3) is 0 Å². The smallest absolute Gasteiger partial charge is 0.271 e. The Morgan fingerprint density at radius 2 is 1.38 bits per heavy atom. The number of hydrogen-bond donors (Lipinski definition) is 1. The molecule has 0 spiro atoms. The van der Waals surface area contributed by atoms with Crippen molar-refractivity contribution in [2.45, 2.75) is 13.1 Å². The maximum absolute atomic E-state index is 12.9. The summed E-state index contributed by atoms with van der Waals surface area (Å²) in [5, 5.41) is 3.94. The molecule has 1 saturated heterocycles.